The Kier molecular flexibility index (Phi) is 4.63. The highest BCUT2D eigenvalue weighted by Gasteiger charge is 2.12. The van der Waals surface area contributed by atoms with Crippen LogP contribution in [0.5, 0.6) is 11.5 Å². The van der Waals surface area contributed by atoms with Crippen LogP contribution in [0.15, 0.2) is 35.3 Å². The minimum Gasteiger partial charge on any atom is -0.493 e. The molecule has 1 amide bonds. The van der Waals surface area contributed by atoms with Gasteiger partial charge in [0, 0.05) is 12.6 Å². The van der Waals surface area contributed by atoms with Gasteiger partial charge < -0.3 is 14.0 Å². The van der Waals surface area contributed by atoms with E-state index in [9.17, 15) is 4.79 Å². The predicted molar refractivity (Wildman–Crippen MR) is 99.7 cm³/mol. The minimum atomic E-state index is -0.308. The fourth-order valence-electron chi connectivity index (χ4n) is 2.91. The number of carbonyl (C=O) groups excluding carboxylic acids is 1. The summed E-state index contributed by atoms with van der Waals surface area (Å²) in [5.74, 6) is 0.783. The number of fused-ring (bicyclic) bond motifs is 1. The van der Waals surface area contributed by atoms with Gasteiger partial charge in [-0.15, -0.1) is 0 Å². The normalized spacial score (nSPS) is 11.8. The molecule has 0 aliphatic rings. The van der Waals surface area contributed by atoms with E-state index in [2.05, 4.69) is 31.0 Å². The highest BCUT2D eigenvalue weighted by atomic mass is 32.1. The van der Waals surface area contributed by atoms with Gasteiger partial charge in [0.25, 0.3) is 5.91 Å². The average molecular weight is 356 g/mol. The summed E-state index contributed by atoms with van der Waals surface area (Å²) in [6.07, 6.45) is 0. The number of hydrogen-bond acceptors (Lipinski definition) is 4. The van der Waals surface area contributed by atoms with Crippen LogP contribution in [-0.2, 0) is 7.05 Å². The van der Waals surface area contributed by atoms with Crippen molar-refractivity contribution in [3.8, 4) is 11.5 Å². The Labute approximate surface area is 150 Å². The zero-order valence-electron chi connectivity index (χ0n) is 14.9. The largest absolute Gasteiger partial charge is 0.493 e. The lowest BCUT2D eigenvalue weighted by molar-refractivity contribution is 0.0997. The smallest absolute Gasteiger partial charge is 0.279 e. The Balaban J connectivity index is 2.09. The molecule has 5 nitrogen and oxygen atoms in total. The highest BCUT2D eigenvalue weighted by Crippen LogP contribution is 2.28. The van der Waals surface area contributed by atoms with Crippen LogP contribution in [0.4, 0.5) is 0 Å². The second-order valence-electron chi connectivity index (χ2n) is 5.86. The standard InChI is InChI=1S/C19H20N2O3S/c1-11-8-12(2)17-16(9-11)25-19(21(17)3)20-18(22)13-6-7-14(23-4)15(10-13)24-5/h6-10H,1-5H3. The molecule has 25 heavy (non-hydrogen) atoms. The van der Waals surface area contributed by atoms with Crippen LogP contribution in [0.3, 0.4) is 0 Å². The zero-order valence-corrected chi connectivity index (χ0v) is 15.7. The number of nitrogens with zero attached hydrogens (tertiary/aromatic N) is 2. The van der Waals surface area contributed by atoms with Gasteiger partial charge in [-0.05, 0) is 49.2 Å². The van der Waals surface area contributed by atoms with Crippen molar-refractivity contribution in [2.75, 3.05) is 14.2 Å². The summed E-state index contributed by atoms with van der Waals surface area (Å²) in [5, 5.41) is 0. The molecule has 0 spiro atoms. The lowest BCUT2D eigenvalue weighted by atomic mass is 10.1. The van der Waals surface area contributed by atoms with Crippen molar-refractivity contribution in [1.82, 2.24) is 4.57 Å². The third kappa shape index (κ3) is 3.17. The third-order valence-corrected chi connectivity index (χ3v) is 5.14. The molecule has 0 aliphatic heterocycles. The molecule has 2 aromatic carbocycles. The van der Waals surface area contributed by atoms with E-state index in [0.29, 0.717) is 21.9 Å². The monoisotopic (exact) mass is 356 g/mol. The second kappa shape index (κ2) is 6.72. The number of aryl methyl sites for hydroxylation is 3. The lowest BCUT2D eigenvalue weighted by Gasteiger charge is -2.07. The first-order valence-corrected chi connectivity index (χ1v) is 8.64. The van der Waals surface area contributed by atoms with Crippen LogP contribution in [0.1, 0.15) is 21.5 Å². The summed E-state index contributed by atoms with van der Waals surface area (Å²) in [4.78, 5) is 17.6. The number of carbonyl (C=O) groups is 1. The van der Waals surface area contributed by atoms with E-state index in [1.807, 2.05) is 11.6 Å². The fourth-order valence-corrected chi connectivity index (χ4v) is 4.10. The summed E-state index contributed by atoms with van der Waals surface area (Å²) in [5.41, 5.74) is 3.94. The number of ether oxygens (including phenoxy) is 2. The summed E-state index contributed by atoms with van der Waals surface area (Å²) in [6.45, 7) is 4.14. The molecule has 3 rings (SSSR count). The molecular formula is C19H20N2O3S. The number of hydrogen-bond donors (Lipinski definition) is 0. The molecule has 0 aliphatic carbocycles. The number of aromatic nitrogens is 1. The molecule has 1 heterocycles. The maximum absolute atomic E-state index is 12.6. The van der Waals surface area contributed by atoms with E-state index in [1.54, 1.807) is 32.4 Å². The van der Waals surface area contributed by atoms with Gasteiger partial charge in [-0.25, -0.2) is 0 Å². The van der Waals surface area contributed by atoms with Crippen LogP contribution >= 0.6 is 11.3 Å². The Bertz CT molecular complexity index is 1030. The molecule has 0 fully saturated rings. The molecule has 3 aromatic rings. The molecule has 0 unspecified atom stereocenters. The molecule has 0 saturated carbocycles. The van der Waals surface area contributed by atoms with Gasteiger partial charge in [0.05, 0.1) is 24.4 Å². The van der Waals surface area contributed by atoms with Crippen molar-refractivity contribution in [2.24, 2.45) is 12.0 Å². The average Bonchev–Trinajstić information content (AvgIpc) is 2.89. The molecule has 0 bridgehead atoms. The Morgan fingerprint density at radius 1 is 1.08 bits per heavy atom. The van der Waals surface area contributed by atoms with Gasteiger partial charge in [0.1, 0.15) is 0 Å². The van der Waals surface area contributed by atoms with Crippen molar-refractivity contribution < 1.29 is 14.3 Å². The Hall–Kier alpha value is -2.60. The SMILES string of the molecule is COc1ccc(C(=O)N=c2sc3cc(C)cc(C)c3n2C)cc1OC. The Morgan fingerprint density at radius 3 is 2.48 bits per heavy atom. The number of rotatable bonds is 3. The van der Waals surface area contributed by atoms with Crippen LogP contribution < -0.4 is 14.3 Å². The molecule has 0 N–H and O–H groups in total. The fraction of sp³-hybridized carbons (Fsp3) is 0.263. The van der Waals surface area contributed by atoms with Crippen molar-refractivity contribution in [2.45, 2.75) is 13.8 Å². The first-order chi connectivity index (χ1) is 11.9. The van der Waals surface area contributed by atoms with Gasteiger partial charge >= 0.3 is 0 Å². The number of amides is 1. The van der Waals surface area contributed by atoms with Crippen LogP contribution in [-0.4, -0.2) is 24.7 Å². The number of methoxy groups -OCH3 is 2. The van der Waals surface area contributed by atoms with E-state index in [4.69, 9.17) is 9.47 Å². The van der Waals surface area contributed by atoms with Crippen molar-refractivity contribution in [3.05, 3.63) is 51.8 Å². The first-order valence-electron chi connectivity index (χ1n) is 7.82. The van der Waals surface area contributed by atoms with E-state index >= 15 is 0 Å². The quantitative estimate of drug-likeness (QED) is 0.720. The van der Waals surface area contributed by atoms with Crippen molar-refractivity contribution >= 4 is 27.5 Å². The molecule has 0 radical (unpaired) electrons. The van der Waals surface area contributed by atoms with Crippen LogP contribution in [0, 0.1) is 13.8 Å². The zero-order chi connectivity index (χ0) is 18.1. The number of benzene rings is 2. The van der Waals surface area contributed by atoms with Gasteiger partial charge in [0.2, 0.25) is 0 Å². The summed E-state index contributed by atoms with van der Waals surface area (Å²) < 4.78 is 13.5. The molecular weight excluding hydrogens is 336 g/mol. The summed E-state index contributed by atoms with van der Waals surface area (Å²) in [7, 11) is 5.04. The van der Waals surface area contributed by atoms with E-state index in [1.165, 1.54) is 22.5 Å². The highest BCUT2D eigenvalue weighted by molar-refractivity contribution is 7.16. The Morgan fingerprint density at radius 2 is 1.80 bits per heavy atom. The topological polar surface area (TPSA) is 52.8 Å². The molecule has 130 valence electrons. The van der Waals surface area contributed by atoms with Gasteiger partial charge in [-0.2, -0.15) is 4.99 Å². The summed E-state index contributed by atoms with van der Waals surface area (Å²) in [6, 6.07) is 9.30. The maximum atomic E-state index is 12.6. The van der Waals surface area contributed by atoms with Crippen molar-refractivity contribution in [3.63, 3.8) is 0 Å². The van der Waals surface area contributed by atoms with E-state index < -0.39 is 0 Å². The second-order valence-corrected chi connectivity index (χ2v) is 6.87. The third-order valence-electron chi connectivity index (χ3n) is 4.06. The van der Waals surface area contributed by atoms with Crippen LogP contribution in [0.2, 0.25) is 0 Å². The van der Waals surface area contributed by atoms with Gasteiger partial charge in [-0.3, -0.25) is 4.79 Å². The van der Waals surface area contributed by atoms with Gasteiger partial charge in [0.15, 0.2) is 16.3 Å². The maximum Gasteiger partial charge on any atom is 0.279 e. The van der Waals surface area contributed by atoms with Crippen molar-refractivity contribution in [1.29, 1.82) is 0 Å². The van der Waals surface area contributed by atoms with Gasteiger partial charge in [-0.1, -0.05) is 17.4 Å². The van der Waals surface area contributed by atoms with Crippen LogP contribution in [0.25, 0.3) is 10.2 Å². The number of thiazole rings is 1. The predicted octanol–water partition coefficient (Wildman–Crippen LogP) is 3.61. The minimum absolute atomic E-state index is 0.308. The molecule has 6 heteroatoms. The first kappa shape index (κ1) is 17.2. The van der Waals surface area contributed by atoms with E-state index in [0.717, 1.165) is 10.2 Å². The molecule has 1 aromatic heterocycles. The molecule has 0 atom stereocenters. The summed E-state index contributed by atoms with van der Waals surface area (Å²) >= 11 is 1.51. The lowest BCUT2D eigenvalue weighted by Crippen LogP contribution is -2.13. The molecule has 0 saturated heterocycles. The van der Waals surface area contributed by atoms with E-state index in [-0.39, 0.29) is 5.91 Å².